The number of hydrogen-bond acceptors (Lipinski definition) is 7. The van der Waals surface area contributed by atoms with E-state index in [4.69, 9.17) is 9.47 Å². The first kappa shape index (κ1) is 17.7. The third kappa shape index (κ3) is 4.89. The number of rotatable bonds is 3. The fraction of sp³-hybridized carbons (Fsp3) is 0.733. The quantitative estimate of drug-likeness (QED) is 0.786. The van der Waals surface area contributed by atoms with Crippen LogP contribution >= 0.6 is 11.3 Å². The van der Waals surface area contributed by atoms with Crippen LogP contribution in [0.4, 0.5) is 4.79 Å². The van der Waals surface area contributed by atoms with Crippen LogP contribution in [0.5, 0.6) is 0 Å². The largest absolute Gasteiger partial charge is 0.461 e. The van der Waals surface area contributed by atoms with Gasteiger partial charge in [-0.25, -0.2) is 9.59 Å². The van der Waals surface area contributed by atoms with E-state index in [1.54, 1.807) is 11.8 Å². The lowest BCUT2D eigenvalue weighted by Gasteiger charge is -2.32. The summed E-state index contributed by atoms with van der Waals surface area (Å²) in [5, 5.41) is 9.13. The lowest BCUT2D eigenvalue weighted by Crippen LogP contribution is -2.41. The number of esters is 1. The van der Waals surface area contributed by atoms with Crippen molar-refractivity contribution in [3.05, 3.63) is 10.0 Å². The van der Waals surface area contributed by atoms with E-state index in [0.717, 1.165) is 17.8 Å². The SMILES string of the molecule is CCOC(=O)c1nnc(C2CCN(C(=O)OC(C)(C)C)CC2)s1. The fourth-order valence-electron chi connectivity index (χ4n) is 2.31. The molecule has 0 saturated carbocycles. The van der Waals surface area contributed by atoms with E-state index in [1.165, 1.54) is 11.3 Å². The van der Waals surface area contributed by atoms with Crippen molar-refractivity contribution in [1.82, 2.24) is 15.1 Å². The molecule has 1 amide bonds. The van der Waals surface area contributed by atoms with Crippen molar-refractivity contribution in [1.29, 1.82) is 0 Å². The molecule has 0 atom stereocenters. The van der Waals surface area contributed by atoms with Crippen LogP contribution in [-0.2, 0) is 9.47 Å². The highest BCUT2D eigenvalue weighted by molar-refractivity contribution is 7.13. The molecular formula is C15H23N3O4S. The lowest BCUT2D eigenvalue weighted by atomic mass is 9.98. The number of hydrogen-bond donors (Lipinski definition) is 0. The zero-order chi connectivity index (χ0) is 17.0. The first-order valence-electron chi connectivity index (χ1n) is 7.78. The monoisotopic (exact) mass is 341 g/mol. The number of carbonyl (C=O) groups is 2. The maximum atomic E-state index is 12.0. The molecule has 0 unspecified atom stereocenters. The molecule has 1 aliphatic heterocycles. The Hall–Kier alpha value is -1.70. The molecule has 0 bridgehead atoms. The van der Waals surface area contributed by atoms with E-state index in [1.807, 2.05) is 20.8 Å². The van der Waals surface area contributed by atoms with E-state index in [9.17, 15) is 9.59 Å². The smallest absolute Gasteiger partial charge is 0.410 e. The van der Waals surface area contributed by atoms with E-state index >= 15 is 0 Å². The topological polar surface area (TPSA) is 81.6 Å². The van der Waals surface area contributed by atoms with Crippen molar-refractivity contribution < 1.29 is 19.1 Å². The highest BCUT2D eigenvalue weighted by Crippen LogP contribution is 2.30. The third-order valence-corrected chi connectivity index (χ3v) is 4.45. The van der Waals surface area contributed by atoms with Gasteiger partial charge in [0.05, 0.1) is 6.61 Å². The van der Waals surface area contributed by atoms with Gasteiger partial charge in [-0.05, 0) is 40.5 Å². The molecule has 2 rings (SSSR count). The van der Waals surface area contributed by atoms with Crippen LogP contribution in [0.1, 0.15) is 61.3 Å². The molecule has 0 N–H and O–H groups in total. The van der Waals surface area contributed by atoms with Gasteiger partial charge in [0, 0.05) is 19.0 Å². The van der Waals surface area contributed by atoms with Crippen LogP contribution in [0.3, 0.4) is 0 Å². The predicted molar refractivity (Wildman–Crippen MR) is 85.6 cm³/mol. The first-order chi connectivity index (χ1) is 10.8. The minimum absolute atomic E-state index is 0.217. The van der Waals surface area contributed by atoms with Crippen molar-refractivity contribution in [3.8, 4) is 0 Å². The maximum Gasteiger partial charge on any atom is 0.410 e. The van der Waals surface area contributed by atoms with Gasteiger partial charge in [-0.1, -0.05) is 11.3 Å². The molecule has 1 aliphatic rings. The summed E-state index contributed by atoms with van der Waals surface area (Å²) >= 11 is 1.28. The van der Waals surface area contributed by atoms with E-state index in [-0.39, 0.29) is 17.0 Å². The third-order valence-electron chi connectivity index (χ3n) is 3.39. The second kappa shape index (κ2) is 7.25. The van der Waals surface area contributed by atoms with Crippen molar-refractivity contribution >= 4 is 23.4 Å². The zero-order valence-electron chi connectivity index (χ0n) is 14.0. The molecule has 0 spiro atoms. The number of aromatic nitrogens is 2. The molecule has 1 fully saturated rings. The van der Waals surface area contributed by atoms with Gasteiger partial charge in [0.25, 0.3) is 0 Å². The molecule has 0 aliphatic carbocycles. The second-order valence-electron chi connectivity index (χ2n) is 6.41. The van der Waals surface area contributed by atoms with Gasteiger partial charge in [0.2, 0.25) is 5.01 Å². The Labute approximate surface area is 140 Å². The molecular weight excluding hydrogens is 318 g/mol. The van der Waals surface area contributed by atoms with Crippen LogP contribution < -0.4 is 0 Å². The summed E-state index contributed by atoms with van der Waals surface area (Å²) in [6.07, 6.45) is 1.30. The minimum atomic E-state index is -0.484. The molecule has 1 saturated heterocycles. The number of amides is 1. The Kier molecular flexibility index (Phi) is 5.56. The van der Waals surface area contributed by atoms with E-state index < -0.39 is 11.6 Å². The Balaban J connectivity index is 1.89. The Morgan fingerprint density at radius 2 is 1.91 bits per heavy atom. The normalized spacial score (nSPS) is 16.3. The molecule has 128 valence electrons. The highest BCUT2D eigenvalue weighted by Gasteiger charge is 2.29. The molecule has 1 aromatic heterocycles. The number of piperidine rings is 1. The van der Waals surface area contributed by atoms with Crippen molar-refractivity contribution in [2.75, 3.05) is 19.7 Å². The molecule has 0 aromatic carbocycles. The lowest BCUT2D eigenvalue weighted by molar-refractivity contribution is 0.0204. The van der Waals surface area contributed by atoms with Crippen LogP contribution in [0.25, 0.3) is 0 Å². The zero-order valence-corrected chi connectivity index (χ0v) is 14.8. The van der Waals surface area contributed by atoms with Gasteiger partial charge >= 0.3 is 12.1 Å². The van der Waals surface area contributed by atoms with Crippen LogP contribution in [0, 0.1) is 0 Å². The predicted octanol–water partition coefficient (Wildman–Crippen LogP) is 2.83. The van der Waals surface area contributed by atoms with Crippen molar-refractivity contribution in [2.24, 2.45) is 0 Å². The molecule has 1 aromatic rings. The van der Waals surface area contributed by atoms with Crippen LogP contribution in [-0.4, -0.2) is 52.5 Å². The van der Waals surface area contributed by atoms with E-state index in [2.05, 4.69) is 10.2 Å². The Morgan fingerprint density at radius 3 is 2.48 bits per heavy atom. The average molecular weight is 341 g/mol. The second-order valence-corrected chi connectivity index (χ2v) is 7.42. The highest BCUT2D eigenvalue weighted by atomic mass is 32.1. The maximum absolute atomic E-state index is 12.0. The van der Waals surface area contributed by atoms with Crippen molar-refractivity contribution in [2.45, 2.75) is 52.1 Å². The van der Waals surface area contributed by atoms with Gasteiger partial charge in [0.15, 0.2) is 0 Å². The summed E-state index contributed by atoms with van der Waals surface area (Å²) in [6.45, 7) is 8.89. The first-order valence-corrected chi connectivity index (χ1v) is 8.60. The summed E-state index contributed by atoms with van der Waals surface area (Å²) in [4.78, 5) is 25.4. The molecule has 7 nitrogen and oxygen atoms in total. The van der Waals surface area contributed by atoms with Crippen LogP contribution in [0.15, 0.2) is 0 Å². The fourth-order valence-corrected chi connectivity index (χ4v) is 3.22. The number of nitrogens with zero attached hydrogens (tertiary/aromatic N) is 3. The number of carbonyl (C=O) groups excluding carboxylic acids is 2. The van der Waals surface area contributed by atoms with Crippen molar-refractivity contribution in [3.63, 3.8) is 0 Å². The molecule has 0 radical (unpaired) electrons. The number of ether oxygens (including phenoxy) is 2. The summed E-state index contributed by atoms with van der Waals surface area (Å²) in [6, 6.07) is 0. The standard InChI is InChI=1S/C15H23N3O4S/c1-5-21-13(19)12-17-16-11(23-12)10-6-8-18(9-7-10)14(20)22-15(2,3)4/h10H,5-9H2,1-4H3. The minimum Gasteiger partial charge on any atom is -0.461 e. The van der Waals surface area contributed by atoms with Gasteiger partial charge in [-0.2, -0.15) is 0 Å². The van der Waals surface area contributed by atoms with Gasteiger partial charge in [-0.3, -0.25) is 0 Å². The summed E-state index contributed by atoms with van der Waals surface area (Å²) in [5.41, 5.74) is -0.484. The van der Waals surface area contributed by atoms with Gasteiger partial charge < -0.3 is 14.4 Å². The molecule has 8 heteroatoms. The van der Waals surface area contributed by atoms with Gasteiger partial charge in [0.1, 0.15) is 10.6 Å². The summed E-state index contributed by atoms with van der Waals surface area (Å²) in [5.74, 6) is -0.211. The summed E-state index contributed by atoms with van der Waals surface area (Å²) < 4.78 is 10.3. The van der Waals surface area contributed by atoms with Crippen LogP contribution in [0.2, 0.25) is 0 Å². The Morgan fingerprint density at radius 1 is 1.26 bits per heavy atom. The van der Waals surface area contributed by atoms with Gasteiger partial charge in [-0.15, -0.1) is 10.2 Å². The molecule has 23 heavy (non-hydrogen) atoms. The number of likely N-dealkylation sites (tertiary alicyclic amines) is 1. The Bertz CT molecular complexity index is 559. The summed E-state index contributed by atoms with van der Waals surface area (Å²) in [7, 11) is 0. The average Bonchev–Trinajstić information content (AvgIpc) is 2.96. The van der Waals surface area contributed by atoms with E-state index in [0.29, 0.717) is 19.7 Å². The molecule has 2 heterocycles.